The van der Waals surface area contributed by atoms with E-state index in [9.17, 15) is 0 Å². The second-order valence-corrected chi connectivity index (χ2v) is 6.69. The maximum atomic E-state index is 5.79. The molecule has 0 fully saturated rings. The molecule has 1 heterocycles. The molecule has 0 aromatic carbocycles. The van der Waals surface area contributed by atoms with Gasteiger partial charge in [-0.25, -0.2) is 4.98 Å². The highest BCUT2D eigenvalue weighted by molar-refractivity contribution is 5.28. The molecule has 0 saturated carbocycles. The molecule has 0 aliphatic heterocycles. The van der Waals surface area contributed by atoms with Crippen molar-refractivity contribution in [1.82, 2.24) is 10.3 Å². The Bertz CT molecular complexity index is 408. The van der Waals surface area contributed by atoms with E-state index < -0.39 is 0 Å². The number of pyridine rings is 1. The number of nitrogens with one attached hydrogen (secondary N) is 1. The molecular formula is C17H30N2O. The van der Waals surface area contributed by atoms with Gasteiger partial charge in [-0.3, -0.25) is 0 Å². The minimum absolute atomic E-state index is 0.0384. The van der Waals surface area contributed by atoms with Crippen LogP contribution in [0.2, 0.25) is 0 Å². The van der Waals surface area contributed by atoms with Crippen LogP contribution < -0.4 is 10.1 Å². The second kappa shape index (κ2) is 7.63. The maximum Gasteiger partial charge on any atom is 0.213 e. The van der Waals surface area contributed by atoms with Gasteiger partial charge in [-0.05, 0) is 18.1 Å². The van der Waals surface area contributed by atoms with Gasteiger partial charge >= 0.3 is 0 Å². The van der Waals surface area contributed by atoms with Gasteiger partial charge in [0.15, 0.2) is 0 Å². The van der Waals surface area contributed by atoms with E-state index >= 15 is 0 Å². The van der Waals surface area contributed by atoms with Crippen molar-refractivity contribution in [2.24, 2.45) is 0 Å². The summed E-state index contributed by atoms with van der Waals surface area (Å²) in [4.78, 5) is 4.65. The number of hydrogen-bond donors (Lipinski definition) is 1. The monoisotopic (exact) mass is 278 g/mol. The standard InChI is InChI=1S/C17H30N2O/c1-7-8-9-20-16-11-14(12-18-13(2)3)10-15(19-16)17(4,5)6/h10-11,13,18H,7-9,12H2,1-6H3. The molecule has 1 aromatic rings. The predicted octanol–water partition coefficient (Wildman–Crippen LogP) is 4.06. The molecule has 0 bridgehead atoms. The Morgan fingerprint density at radius 3 is 2.50 bits per heavy atom. The van der Waals surface area contributed by atoms with Crippen molar-refractivity contribution in [3.63, 3.8) is 0 Å². The molecule has 3 heteroatoms. The van der Waals surface area contributed by atoms with Crippen LogP contribution in [0.15, 0.2) is 12.1 Å². The minimum atomic E-state index is 0.0384. The summed E-state index contributed by atoms with van der Waals surface area (Å²) in [5, 5.41) is 3.45. The van der Waals surface area contributed by atoms with E-state index in [0.29, 0.717) is 6.04 Å². The number of unbranched alkanes of at least 4 members (excludes halogenated alkanes) is 1. The quantitative estimate of drug-likeness (QED) is 0.764. The minimum Gasteiger partial charge on any atom is -0.478 e. The van der Waals surface area contributed by atoms with Crippen LogP contribution >= 0.6 is 0 Å². The van der Waals surface area contributed by atoms with Crippen LogP contribution in [0.4, 0.5) is 0 Å². The molecule has 0 spiro atoms. The number of aromatic nitrogens is 1. The summed E-state index contributed by atoms with van der Waals surface area (Å²) in [6.45, 7) is 14.6. The van der Waals surface area contributed by atoms with Crippen LogP contribution in [0.1, 0.15) is 65.6 Å². The molecule has 114 valence electrons. The third-order valence-corrected chi connectivity index (χ3v) is 3.09. The lowest BCUT2D eigenvalue weighted by atomic mass is 9.91. The molecule has 0 saturated heterocycles. The van der Waals surface area contributed by atoms with E-state index in [2.05, 4.69) is 64.0 Å². The van der Waals surface area contributed by atoms with Crippen molar-refractivity contribution in [2.45, 2.75) is 72.4 Å². The Hall–Kier alpha value is -1.09. The number of hydrogen-bond acceptors (Lipinski definition) is 3. The largest absolute Gasteiger partial charge is 0.478 e. The first kappa shape index (κ1) is 17.0. The average molecular weight is 278 g/mol. The lowest BCUT2D eigenvalue weighted by Gasteiger charge is -2.20. The Morgan fingerprint density at radius 1 is 1.25 bits per heavy atom. The molecule has 1 aromatic heterocycles. The summed E-state index contributed by atoms with van der Waals surface area (Å²) in [6.07, 6.45) is 2.21. The normalized spacial score (nSPS) is 11.9. The smallest absolute Gasteiger partial charge is 0.213 e. The van der Waals surface area contributed by atoms with E-state index in [1.165, 1.54) is 5.56 Å². The van der Waals surface area contributed by atoms with Crippen molar-refractivity contribution in [2.75, 3.05) is 6.61 Å². The molecule has 1 N–H and O–H groups in total. The Kier molecular flexibility index (Phi) is 6.47. The molecule has 0 atom stereocenters. The molecule has 20 heavy (non-hydrogen) atoms. The van der Waals surface area contributed by atoms with Crippen LogP contribution in [0.3, 0.4) is 0 Å². The highest BCUT2D eigenvalue weighted by Crippen LogP contribution is 2.24. The molecule has 0 aliphatic carbocycles. The fourth-order valence-corrected chi connectivity index (χ4v) is 1.76. The third kappa shape index (κ3) is 5.91. The van der Waals surface area contributed by atoms with Crippen molar-refractivity contribution in [3.8, 4) is 5.88 Å². The number of rotatable bonds is 7. The molecular weight excluding hydrogens is 248 g/mol. The zero-order valence-corrected chi connectivity index (χ0v) is 13.9. The summed E-state index contributed by atoms with van der Waals surface area (Å²) in [5.74, 6) is 0.756. The molecule has 3 nitrogen and oxygen atoms in total. The van der Waals surface area contributed by atoms with Crippen molar-refractivity contribution in [1.29, 1.82) is 0 Å². The summed E-state index contributed by atoms with van der Waals surface area (Å²) < 4.78 is 5.79. The van der Waals surface area contributed by atoms with Crippen LogP contribution in [-0.4, -0.2) is 17.6 Å². The first-order chi connectivity index (χ1) is 9.32. The fraction of sp³-hybridized carbons (Fsp3) is 0.706. The van der Waals surface area contributed by atoms with Crippen molar-refractivity contribution < 1.29 is 4.74 Å². The van der Waals surface area contributed by atoms with Gasteiger partial charge in [-0.1, -0.05) is 48.0 Å². The zero-order valence-electron chi connectivity index (χ0n) is 13.9. The van der Waals surface area contributed by atoms with Gasteiger partial charge in [0, 0.05) is 24.1 Å². The van der Waals surface area contributed by atoms with E-state index in [4.69, 9.17) is 4.74 Å². The van der Waals surface area contributed by atoms with Gasteiger partial charge in [0.2, 0.25) is 5.88 Å². The highest BCUT2D eigenvalue weighted by atomic mass is 16.5. The Morgan fingerprint density at radius 2 is 1.95 bits per heavy atom. The van der Waals surface area contributed by atoms with E-state index in [1.54, 1.807) is 0 Å². The maximum absolute atomic E-state index is 5.79. The first-order valence-corrected chi connectivity index (χ1v) is 7.70. The number of ether oxygens (including phenoxy) is 1. The van der Waals surface area contributed by atoms with Gasteiger partial charge < -0.3 is 10.1 Å². The zero-order chi connectivity index (χ0) is 15.2. The summed E-state index contributed by atoms with van der Waals surface area (Å²) in [6, 6.07) is 4.72. The number of nitrogens with zero attached hydrogens (tertiary/aromatic N) is 1. The average Bonchev–Trinajstić information content (AvgIpc) is 2.35. The summed E-state index contributed by atoms with van der Waals surface area (Å²) >= 11 is 0. The van der Waals surface area contributed by atoms with Gasteiger partial charge in [-0.15, -0.1) is 0 Å². The van der Waals surface area contributed by atoms with Crippen LogP contribution in [0.25, 0.3) is 0 Å². The van der Waals surface area contributed by atoms with Gasteiger partial charge in [-0.2, -0.15) is 0 Å². The molecule has 0 aliphatic rings. The topological polar surface area (TPSA) is 34.1 Å². The lowest BCUT2D eigenvalue weighted by Crippen LogP contribution is -2.23. The molecule has 0 amide bonds. The van der Waals surface area contributed by atoms with Crippen LogP contribution in [0.5, 0.6) is 5.88 Å². The summed E-state index contributed by atoms with van der Waals surface area (Å²) in [7, 11) is 0. The third-order valence-electron chi connectivity index (χ3n) is 3.09. The van der Waals surface area contributed by atoms with Crippen LogP contribution in [0, 0.1) is 0 Å². The van der Waals surface area contributed by atoms with Crippen molar-refractivity contribution in [3.05, 3.63) is 23.4 Å². The first-order valence-electron chi connectivity index (χ1n) is 7.70. The SMILES string of the molecule is CCCCOc1cc(CNC(C)C)cc(C(C)(C)C)n1. The van der Waals surface area contributed by atoms with Gasteiger partial charge in [0.05, 0.1) is 12.3 Å². The van der Waals surface area contributed by atoms with Crippen LogP contribution in [-0.2, 0) is 12.0 Å². The molecule has 0 radical (unpaired) electrons. The Labute approximate surface area is 124 Å². The van der Waals surface area contributed by atoms with E-state index in [1.807, 2.05) is 0 Å². The molecule has 0 unspecified atom stereocenters. The van der Waals surface area contributed by atoms with Gasteiger partial charge in [0.1, 0.15) is 0 Å². The second-order valence-electron chi connectivity index (χ2n) is 6.69. The van der Waals surface area contributed by atoms with E-state index in [-0.39, 0.29) is 5.41 Å². The molecule has 1 rings (SSSR count). The predicted molar refractivity (Wildman–Crippen MR) is 85.3 cm³/mol. The van der Waals surface area contributed by atoms with E-state index in [0.717, 1.165) is 37.6 Å². The van der Waals surface area contributed by atoms with Crippen molar-refractivity contribution >= 4 is 0 Å². The highest BCUT2D eigenvalue weighted by Gasteiger charge is 2.17. The fourth-order valence-electron chi connectivity index (χ4n) is 1.76. The lowest BCUT2D eigenvalue weighted by molar-refractivity contribution is 0.295. The Balaban J connectivity index is 2.89. The van der Waals surface area contributed by atoms with Gasteiger partial charge in [0.25, 0.3) is 0 Å². The summed E-state index contributed by atoms with van der Waals surface area (Å²) in [5.41, 5.74) is 2.37.